The topological polar surface area (TPSA) is 0 Å². The lowest BCUT2D eigenvalue weighted by Crippen LogP contribution is -2.39. The molecule has 294 valence electrons. The van der Waals surface area contributed by atoms with E-state index < -0.39 is 74.1 Å². The lowest BCUT2D eigenvalue weighted by Gasteiger charge is -2.19. The minimum absolute atomic E-state index is 0.0213. The molecule has 24 heteroatoms. The summed E-state index contributed by atoms with van der Waals surface area (Å²) in [6, 6.07) is 0. The van der Waals surface area contributed by atoms with Crippen LogP contribution < -0.4 is 0 Å². The molecule has 0 rings (SSSR count). The molecule has 1 unspecified atom stereocenters. The van der Waals surface area contributed by atoms with E-state index in [4.69, 9.17) is 0 Å². The van der Waals surface area contributed by atoms with E-state index in [1.807, 2.05) is 0 Å². The average molecular weight is 758 g/mol. The summed E-state index contributed by atoms with van der Waals surface area (Å²) in [6.07, 6.45) is -11.9. The van der Waals surface area contributed by atoms with E-state index in [9.17, 15) is 105 Å². The molecule has 0 fully saturated rings. The molecule has 0 aromatic heterocycles. The van der Waals surface area contributed by atoms with E-state index in [0.717, 1.165) is 13.8 Å². The number of alkyl halides is 24. The van der Waals surface area contributed by atoms with Crippen LogP contribution in [-0.2, 0) is 0 Å². The van der Waals surface area contributed by atoms with Crippen LogP contribution in [0.4, 0.5) is 105 Å². The second-order valence-electron chi connectivity index (χ2n) is 7.95. The van der Waals surface area contributed by atoms with Gasteiger partial charge in [-0.05, 0) is 27.7 Å². The quantitative estimate of drug-likeness (QED) is 0.245. The van der Waals surface area contributed by atoms with Crippen molar-refractivity contribution >= 4 is 0 Å². The van der Waals surface area contributed by atoms with Crippen molar-refractivity contribution in [3.05, 3.63) is 0 Å². The highest BCUT2D eigenvalue weighted by Crippen LogP contribution is 2.34. The van der Waals surface area contributed by atoms with Gasteiger partial charge in [-0.1, -0.05) is 0 Å². The van der Waals surface area contributed by atoms with Crippen molar-refractivity contribution in [2.24, 2.45) is 0 Å². The molecule has 0 nitrogen and oxygen atoms in total. The van der Waals surface area contributed by atoms with Crippen molar-refractivity contribution in [2.75, 3.05) is 48.7 Å². The zero-order valence-electron chi connectivity index (χ0n) is 25.9. The molecule has 0 saturated carbocycles. The van der Waals surface area contributed by atoms with Gasteiger partial charge in [-0.25, -0.2) is 52.7 Å². The third-order valence-electron chi connectivity index (χ3n) is 2.40. The predicted molar refractivity (Wildman–Crippen MR) is 125 cm³/mol. The van der Waals surface area contributed by atoms with Gasteiger partial charge < -0.3 is 0 Å². The van der Waals surface area contributed by atoms with Crippen LogP contribution in [0.15, 0.2) is 0 Å². The van der Waals surface area contributed by atoms with E-state index in [1.165, 1.54) is 0 Å². The standard InChI is InChI=1S/3C4H5F5.C3H5F3.C3H6F2.4CH3F/c1-3(6,7)4(8,9)2-5;1-3(6,2-5)4(7,8)9;1-3(5,6)2-4(7,8)9;1-3(5,6)2-4;1-3(2,4)5;4*1-2/h3*2H2,1H3;2H2,1H3;1-2H3;4*1H3. The van der Waals surface area contributed by atoms with Gasteiger partial charge in [0.05, 0.1) is 28.7 Å². The summed E-state index contributed by atoms with van der Waals surface area (Å²) in [5.74, 6) is -18.0. The van der Waals surface area contributed by atoms with Gasteiger partial charge in [-0.2, -0.15) is 35.1 Å². The van der Waals surface area contributed by atoms with Gasteiger partial charge in [0.15, 0.2) is 13.3 Å². The Labute approximate surface area is 250 Å². The van der Waals surface area contributed by atoms with Crippen LogP contribution in [0, 0.1) is 0 Å². The third-order valence-corrected chi connectivity index (χ3v) is 2.40. The van der Waals surface area contributed by atoms with Crippen LogP contribution in [0.1, 0.15) is 48.0 Å². The molecule has 0 amide bonds. The molecule has 0 aliphatic rings. The fourth-order valence-corrected chi connectivity index (χ4v) is 0.545. The van der Waals surface area contributed by atoms with Gasteiger partial charge in [-0.3, -0.25) is 17.6 Å². The Hall–Kier alpha value is -1.68. The summed E-state index contributed by atoms with van der Waals surface area (Å²) < 4.78 is 263. The summed E-state index contributed by atoms with van der Waals surface area (Å²) in [4.78, 5) is 0. The zero-order chi connectivity index (χ0) is 40.8. The smallest absolute Gasteiger partial charge is 0.255 e. The number of hydrogen-bond acceptors (Lipinski definition) is 0. The third kappa shape index (κ3) is 73.7. The lowest BCUT2D eigenvalue weighted by molar-refractivity contribution is -0.227. The maximum Gasteiger partial charge on any atom is 0.424 e. The van der Waals surface area contributed by atoms with Gasteiger partial charge in [0.2, 0.25) is 11.6 Å². The first-order valence-corrected chi connectivity index (χ1v) is 10.8. The normalized spacial score (nSPS) is 12.7. The molecule has 0 N–H and O–H groups in total. The molecule has 0 heterocycles. The molecule has 0 radical (unpaired) electrons. The van der Waals surface area contributed by atoms with Crippen LogP contribution in [-0.4, -0.2) is 96.4 Å². The van der Waals surface area contributed by atoms with Crippen LogP contribution in [0.2, 0.25) is 0 Å². The second-order valence-corrected chi connectivity index (χ2v) is 7.95. The van der Waals surface area contributed by atoms with Crippen molar-refractivity contribution in [3.63, 3.8) is 0 Å². The molecule has 0 aromatic rings. The van der Waals surface area contributed by atoms with Crippen LogP contribution in [0.3, 0.4) is 0 Å². The van der Waals surface area contributed by atoms with Gasteiger partial charge in [0.1, 0.15) is 13.1 Å². The minimum Gasteiger partial charge on any atom is -0.255 e. The molecule has 1 atom stereocenters. The van der Waals surface area contributed by atoms with Crippen molar-refractivity contribution in [3.8, 4) is 0 Å². The molecule has 0 aliphatic heterocycles. The fourth-order valence-electron chi connectivity index (χ4n) is 0.545. The maximum absolute atomic E-state index is 11.8. The summed E-state index contributed by atoms with van der Waals surface area (Å²) >= 11 is 0. The number of halogens is 24. The molecule has 0 aliphatic carbocycles. The Kier molecular flexibility index (Phi) is 44.4. The Balaban J connectivity index is -0.0000000509. The average Bonchev–Trinajstić information content (AvgIpc) is 2.85. The first-order chi connectivity index (χ1) is 19.9. The van der Waals surface area contributed by atoms with E-state index in [0.29, 0.717) is 35.6 Å². The highest BCUT2D eigenvalue weighted by Gasteiger charge is 2.53. The molecule has 0 aromatic carbocycles. The molecule has 0 bridgehead atoms. The Morgan fingerprint density at radius 2 is 0.587 bits per heavy atom. The van der Waals surface area contributed by atoms with Gasteiger partial charge in [0, 0.05) is 13.8 Å². The fraction of sp³-hybridized carbons (Fsp3) is 1.00. The largest absolute Gasteiger partial charge is 0.424 e. The Morgan fingerprint density at radius 3 is 0.587 bits per heavy atom. The van der Waals surface area contributed by atoms with Gasteiger partial charge in [0.25, 0.3) is 11.8 Å². The van der Waals surface area contributed by atoms with E-state index in [-0.39, 0.29) is 20.8 Å². The zero-order valence-corrected chi connectivity index (χ0v) is 25.9. The number of rotatable bonds is 5. The van der Waals surface area contributed by atoms with Crippen molar-refractivity contribution in [2.45, 2.75) is 95.6 Å². The summed E-state index contributed by atoms with van der Waals surface area (Å²) in [5.41, 5.74) is -3.69. The predicted octanol–water partition coefficient (Wildman–Crippen LogP) is 12.7. The van der Waals surface area contributed by atoms with Crippen LogP contribution >= 0.6 is 0 Å². The van der Waals surface area contributed by atoms with E-state index in [1.54, 1.807) is 0 Å². The monoisotopic (exact) mass is 758 g/mol. The first kappa shape index (κ1) is 66.7. The highest BCUT2D eigenvalue weighted by atomic mass is 19.4. The van der Waals surface area contributed by atoms with Crippen molar-refractivity contribution in [1.82, 2.24) is 0 Å². The van der Waals surface area contributed by atoms with E-state index in [2.05, 4.69) is 0 Å². The van der Waals surface area contributed by atoms with Gasteiger partial charge >= 0.3 is 24.2 Å². The second kappa shape index (κ2) is 30.6. The van der Waals surface area contributed by atoms with Crippen molar-refractivity contribution < 1.29 is 105 Å². The summed E-state index contributed by atoms with van der Waals surface area (Å²) in [6.45, 7) is -3.30. The Bertz CT molecular complexity index is 530. The van der Waals surface area contributed by atoms with Crippen LogP contribution in [0.5, 0.6) is 0 Å². The molecular formula is C22H38F24. The van der Waals surface area contributed by atoms with Crippen molar-refractivity contribution in [1.29, 1.82) is 0 Å². The molecular weight excluding hydrogens is 720 g/mol. The van der Waals surface area contributed by atoms with Gasteiger partial charge in [-0.15, -0.1) is 0 Å². The number of hydrogen-bond donors (Lipinski definition) is 0. The maximum atomic E-state index is 11.8. The first-order valence-electron chi connectivity index (χ1n) is 10.8. The highest BCUT2D eigenvalue weighted by molar-refractivity contribution is 4.80. The van der Waals surface area contributed by atoms with Crippen LogP contribution in [0.25, 0.3) is 0 Å². The molecule has 0 saturated heterocycles. The lowest BCUT2D eigenvalue weighted by atomic mass is 10.1. The summed E-state index contributed by atoms with van der Waals surface area (Å²) in [5, 5.41) is 0. The SMILES string of the molecule is CC(C)(F)F.CC(F)(CF)C(F)(F)F.CC(F)(F)C(F)(F)CF.CC(F)(F)CC(F)(F)F.CC(F)(F)CF.CF.CF.CF.CF. The molecule has 46 heavy (non-hydrogen) atoms. The minimum atomic E-state index is -5.10. The molecule has 0 spiro atoms. The summed E-state index contributed by atoms with van der Waals surface area (Å²) in [7, 11) is 2.00. The Morgan fingerprint density at radius 1 is 0.370 bits per heavy atom. The van der Waals surface area contributed by atoms with E-state index >= 15 is 0 Å².